The van der Waals surface area contributed by atoms with E-state index in [-0.39, 0.29) is 11.8 Å². The molecule has 0 spiro atoms. The summed E-state index contributed by atoms with van der Waals surface area (Å²) in [4.78, 5) is 24.2. The van der Waals surface area contributed by atoms with Crippen LogP contribution in [0.3, 0.4) is 0 Å². The summed E-state index contributed by atoms with van der Waals surface area (Å²) in [6.45, 7) is 7.71. The van der Waals surface area contributed by atoms with Gasteiger partial charge in [0.25, 0.3) is 5.91 Å². The molecule has 0 saturated heterocycles. The molecule has 0 aliphatic carbocycles. The van der Waals surface area contributed by atoms with Gasteiger partial charge in [-0.25, -0.2) is 9.48 Å². The van der Waals surface area contributed by atoms with E-state index in [2.05, 4.69) is 10.4 Å². The predicted octanol–water partition coefficient (Wildman–Crippen LogP) is 3.32. The third-order valence-corrected chi connectivity index (χ3v) is 3.90. The Kier molecular flexibility index (Phi) is 5.97. The molecule has 1 aromatic heterocycles. The second-order valence-corrected chi connectivity index (χ2v) is 7.09. The fourth-order valence-electron chi connectivity index (χ4n) is 2.54. The summed E-state index contributed by atoms with van der Waals surface area (Å²) in [7, 11) is 0. The summed E-state index contributed by atoms with van der Waals surface area (Å²) in [6.07, 6.45) is 5.36. The number of aliphatic carboxylic acids is 1. The second kappa shape index (κ2) is 7.99. The van der Waals surface area contributed by atoms with Gasteiger partial charge in [-0.1, -0.05) is 51.1 Å². The monoisotopic (exact) mass is 355 g/mol. The van der Waals surface area contributed by atoms with Crippen molar-refractivity contribution in [2.24, 2.45) is 0 Å². The van der Waals surface area contributed by atoms with Crippen molar-refractivity contribution in [3.63, 3.8) is 0 Å². The van der Waals surface area contributed by atoms with Crippen LogP contribution in [0.4, 0.5) is 0 Å². The van der Waals surface area contributed by atoms with Crippen molar-refractivity contribution in [3.8, 4) is 5.69 Å². The first-order chi connectivity index (χ1) is 12.2. The summed E-state index contributed by atoms with van der Waals surface area (Å²) in [5, 5.41) is 16.5. The smallest absolute Gasteiger partial charge is 0.326 e. The number of hydrogen-bond donors (Lipinski definition) is 2. The minimum atomic E-state index is -1.07. The summed E-state index contributed by atoms with van der Waals surface area (Å²) >= 11 is 0. The topological polar surface area (TPSA) is 84.2 Å². The molecule has 1 unspecified atom stereocenters. The van der Waals surface area contributed by atoms with Gasteiger partial charge < -0.3 is 10.4 Å². The van der Waals surface area contributed by atoms with Gasteiger partial charge in [0.05, 0.1) is 16.9 Å². The lowest BCUT2D eigenvalue weighted by Crippen LogP contribution is -2.41. The number of rotatable bonds is 6. The first-order valence-electron chi connectivity index (χ1n) is 8.54. The van der Waals surface area contributed by atoms with Crippen LogP contribution >= 0.6 is 0 Å². The van der Waals surface area contributed by atoms with E-state index in [1.165, 1.54) is 0 Å². The molecule has 1 atom stereocenters. The predicted molar refractivity (Wildman–Crippen MR) is 101 cm³/mol. The molecule has 2 N–H and O–H groups in total. The molecule has 0 radical (unpaired) electrons. The van der Waals surface area contributed by atoms with Crippen molar-refractivity contribution in [1.82, 2.24) is 15.1 Å². The third kappa shape index (κ3) is 4.59. The Morgan fingerprint density at radius 2 is 1.92 bits per heavy atom. The summed E-state index contributed by atoms with van der Waals surface area (Å²) in [6, 6.07) is 8.51. The van der Waals surface area contributed by atoms with Crippen LogP contribution in [0.15, 0.2) is 48.7 Å². The van der Waals surface area contributed by atoms with Gasteiger partial charge in [-0.15, -0.1) is 0 Å². The highest BCUT2D eigenvalue weighted by atomic mass is 16.4. The van der Waals surface area contributed by atoms with E-state index >= 15 is 0 Å². The molecule has 0 bridgehead atoms. The Hall–Kier alpha value is -2.89. The van der Waals surface area contributed by atoms with E-state index in [0.29, 0.717) is 11.3 Å². The maximum Gasteiger partial charge on any atom is 0.326 e. The molecule has 1 heterocycles. The number of amides is 1. The number of carbonyl (C=O) groups is 2. The normalized spacial score (nSPS) is 12.9. The van der Waals surface area contributed by atoms with Crippen LogP contribution in [-0.2, 0) is 10.2 Å². The summed E-state index contributed by atoms with van der Waals surface area (Å²) in [5.41, 5.74) is 1.47. The Morgan fingerprint density at radius 3 is 2.46 bits per heavy atom. The number of carbonyl (C=O) groups excluding carboxylic acids is 1. The summed E-state index contributed by atoms with van der Waals surface area (Å²) in [5.74, 6) is -1.50. The number of nitrogens with one attached hydrogen (secondary N) is 1. The van der Waals surface area contributed by atoms with Crippen molar-refractivity contribution in [2.45, 2.75) is 45.6 Å². The Morgan fingerprint density at radius 1 is 1.27 bits per heavy atom. The molecule has 1 amide bonds. The van der Waals surface area contributed by atoms with E-state index in [1.807, 2.05) is 58.0 Å². The van der Waals surface area contributed by atoms with Crippen LogP contribution < -0.4 is 5.32 Å². The van der Waals surface area contributed by atoms with Crippen molar-refractivity contribution in [2.75, 3.05) is 0 Å². The van der Waals surface area contributed by atoms with Gasteiger partial charge in [0.2, 0.25) is 0 Å². The van der Waals surface area contributed by atoms with E-state index in [1.54, 1.807) is 23.0 Å². The second-order valence-electron chi connectivity index (χ2n) is 7.09. The Balaban J connectivity index is 2.38. The Bertz CT molecular complexity index is 801. The van der Waals surface area contributed by atoms with Gasteiger partial charge in [-0.05, 0) is 25.5 Å². The number of carboxylic acid groups (broad SMARTS) is 1. The molecule has 0 fully saturated rings. The standard InChI is InChI=1S/C20H25N3O3/c1-5-6-12-16(19(25)26)21-18(24)15-13-23(14-10-8-7-9-11-14)22-17(15)20(2,3)4/h5-11,13,16H,12H2,1-4H3,(H,21,24)(H,25,26)/b6-5+. The molecule has 26 heavy (non-hydrogen) atoms. The van der Waals surface area contributed by atoms with E-state index in [4.69, 9.17) is 0 Å². The van der Waals surface area contributed by atoms with Gasteiger partial charge in [0, 0.05) is 11.6 Å². The largest absolute Gasteiger partial charge is 0.480 e. The molecule has 2 aromatic rings. The van der Waals surface area contributed by atoms with Crippen molar-refractivity contribution in [3.05, 3.63) is 59.9 Å². The van der Waals surface area contributed by atoms with Crippen molar-refractivity contribution >= 4 is 11.9 Å². The highest BCUT2D eigenvalue weighted by molar-refractivity contribution is 5.97. The number of allylic oxidation sites excluding steroid dienone is 1. The zero-order valence-corrected chi connectivity index (χ0v) is 15.6. The van der Waals surface area contributed by atoms with E-state index in [9.17, 15) is 14.7 Å². The lowest BCUT2D eigenvalue weighted by atomic mass is 9.89. The maximum atomic E-state index is 12.8. The lowest BCUT2D eigenvalue weighted by Gasteiger charge is -2.18. The lowest BCUT2D eigenvalue weighted by molar-refractivity contribution is -0.139. The fraction of sp³-hybridized carbons (Fsp3) is 0.350. The highest BCUT2D eigenvalue weighted by Crippen LogP contribution is 2.25. The molecule has 6 heteroatoms. The third-order valence-electron chi connectivity index (χ3n) is 3.90. The number of hydrogen-bond acceptors (Lipinski definition) is 3. The molecule has 138 valence electrons. The van der Waals surface area contributed by atoms with Gasteiger partial charge >= 0.3 is 5.97 Å². The average Bonchev–Trinajstić information content (AvgIpc) is 3.05. The SMILES string of the molecule is C/C=C/CC(NC(=O)c1cn(-c2ccccc2)nc1C(C)(C)C)C(=O)O. The van der Waals surface area contributed by atoms with Gasteiger partial charge in [-0.2, -0.15) is 5.10 Å². The molecule has 0 saturated carbocycles. The van der Waals surface area contributed by atoms with E-state index in [0.717, 1.165) is 5.69 Å². The summed E-state index contributed by atoms with van der Waals surface area (Å²) < 4.78 is 1.65. The molecular formula is C20H25N3O3. The van der Waals surface area contributed by atoms with Crippen LogP contribution in [0.5, 0.6) is 0 Å². The number of aromatic nitrogens is 2. The number of carboxylic acids is 1. The van der Waals surface area contributed by atoms with Crippen LogP contribution in [0.2, 0.25) is 0 Å². The molecule has 2 rings (SSSR count). The quantitative estimate of drug-likeness (QED) is 0.779. The van der Waals surface area contributed by atoms with Gasteiger partial charge in [0.1, 0.15) is 6.04 Å². The first-order valence-corrected chi connectivity index (χ1v) is 8.54. The number of para-hydroxylation sites is 1. The molecule has 0 aliphatic heterocycles. The van der Waals surface area contributed by atoms with Crippen LogP contribution in [0.25, 0.3) is 5.69 Å². The fourth-order valence-corrected chi connectivity index (χ4v) is 2.54. The van der Waals surface area contributed by atoms with Gasteiger partial charge in [-0.3, -0.25) is 4.79 Å². The zero-order chi connectivity index (χ0) is 19.3. The average molecular weight is 355 g/mol. The molecular weight excluding hydrogens is 330 g/mol. The Labute approximate surface area is 153 Å². The first kappa shape index (κ1) is 19.4. The van der Waals surface area contributed by atoms with Crippen LogP contribution in [0, 0.1) is 0 Å². The van der Waals surface area contributed by atoms with Crippen LogP contribution in [0.1, 0.15) is 50.2 Å². The highest BCUT2D eigenvalue weighted by Gasteiger charge is 2.28. The van der Waals surface area contributed by atoms with Gasteiger partial charge in [0.15, 0.2) is 0 Å². The molecule has 0 aliphatic rings. The number of nitrogens with zero attached hydrogens (tertiary/aromatic N) is 2. The van der Waals surface area contributed by atoms with E-state index < -0.39 is 17.9 Å². The minimum Gasteiger partial charge on any atom is -0.480 e. The number of benzene rings is 1. The molecule has 6 nitrogen and oxygen atoms in total. The zero-order valence-electron chi connectivity index (χ0n) is 15.6. The minimum absolute atomic E-state index is 0.231. The maximum absolute atomic E-state index is 12.8. The molecule has 1 aromatic carbocycles. The van der Waals surface area contributed by atoms with Crippen molar-refractivity contribution in [1.29, 1.82) is 0 Å². The van der Waals surface area contributed by atoms with Crippen molar-refractivity contribution < 1.29 is 14.7 Å². The van der Waals surface area contributed by atoms with Crippen LogP contribution in [-0.4, -0.2) is 32.8 Å².